The normalized spacial score (nSPS) is 11.3. The summed E-state index contributed by atoms with van der Waals surface area (Å²) in [5.41, 5.74) is 1.60. The van der Waals surface area contributed by atoms with Crippen LogP contribution in [-0.2, 0) is 23.0 Å². The van der Waals surface area contributed by atoms with Gasteiger partial charge in [-0.1, -0.05) is 19.1 Å². The summed E-state index contributed by atoms with van der Waals surface area (Å²) >= 11 is 0. The number of nitrogens with zero attached hydrogens (tertiary/aromatic N) is 1. The zero-order valence-corrected chi connectivity index (χ0v) is 12.9. The van der Waals surface area contributed by atoms with Crippen molar-refractivity contribution in [2.75, 3.05) is 7.11 Å². The maximum atomic E-state index is 12.4. The predicted molar refractivity (Wildman–Crippen MR) is 80.6 cm³/mol. The van der Waals surface area contributed by atoms with Crippen LogP contribution in [0.3, 0.4) is 0 Å². The molecular formula is C15H18N2O3S. The molecule has 1 N–H and O–H groups in total. The number of aryl methyl sites for hydroxylation is 1. The zero-order chi connectivity index (χ0) is 15.3. The topological polar surface area (TPSA) is 68.3 Å². The van der Waals surface area contributed by atoms with E-state index in [2.05, 4.69) is 9.71 Å². The molecule has 0 aliphatic heterocycles. The smallest absolute Gasteiger partial charge is 0.244 e. The first-order valence-corrected chi connectivity index (χ1v) is 8.11. The van der Waals surface area contributed by atoms with E-state index in [9.17, 15) is 8.42 Å². The van der Waals surface area contributed by atoms with Gasteiger partial charge >= 0.3 is 0 Å². The Bertz CT molecular complexity index is 700. The molecule has 21 heavy (non-hydrogen) atoms. The van der Waals surface area contributed by atoms with Crippen molar-refractivity contribution < 1.29 is 13.2 Å². The van der Waals surface area contributed by atoms with Crippen molar-refractivity contribution in [2.45, 2.75) is 24.8 Å². The van der Waals surface area contributed by atoms with Gasteiger partial charge in [0.05, 0.1) is 19.3 Å². The number of nitrogens with one attached hydrogen (secondary N) is 1. The van der Waals surface area contributed by atoms with Crippen molar-refractivity contribution in [3.05, 3.63) is 53.9 Å². The second kappa shape index (κ2) is 6.69. The molecule has 0 aliphatic carbocycles. The summed E-state index contributed by atoms with van der Waals surface area (Å²) in [6.07, 6.45) is 2.38. The minimum absolute atomic E-state index is 0.142. The van der Waals surface area contributed by atoms with E-state index in [1.165, 1.54) is 7.11 Å². The first kappa shape index (κ1) is 15.5. The minimum atomic E-state index is -3.65. The van der Waals surface area contributed by atoms with Crippen LogP contribution in [0.4, 0.5) is 0 Å². The average molecular weight is 306 g/mol. The Morgan fingerprint density at radius 3 is 2.67 bits per heavy atom. The molecular weight excluding hydrogens is 288 g/mol. The summed E-state index contributed by atoms with van der Waals surface area (Å²) < 4.78 is 32.6. The molecule has 0 bridgehead atoms. The highest BCUT2D eigenvalue weighted by Crippen LogP contribution is 2.25. The molecule has 2 aromatic rings. The quantitative estimate of drug-likeness (QED) is 0.887. The largest absolute Gasteiger partial charge is 0.495 e. The number of hydrogen-bond donors (Lipinski definition) is 1. The molecule has 0 saturated heterocycles. The van der Waals surface area contributed by atoms with Crippen molar-refractivity contribution in [3.63, 3.8) is 0 Å². The molecule has 6 heteroatoms. The Morgan fingerprint density at radius 2 is 2.05 bits per heavy atom. The highest BCUT2D eigenvalue weighted by atomic mass is 32.2. The van der Waals surface area contributed by atoms with E-state index >= 15 is 0 Å². The molecule has 1 aromatic heterocycles. The third-order valence-electron chi connectivity index (χ3n) is 3.10. The molecule has 1 aromatic carbocycles. The lowest BCUT2D eigenvalue weighted by atomic mass is 10.2. The molecule has 0 radical (unpaired) electrons. The van der Waals surface area contributed by atoms with Gasteiger partial charge in [-0.2, -0.15) is 0 Å². The van der Waals surface area contributed by atoms with Gasteiger partial charge in [0, 0.05) is 6.20 Å². The molecule has 1 heterocycles. The summed E-state index contributed by atoms with van der Waals surface area (Å²) in [5.74, 6) is 0.334. The lowest BCUT2D eigenvalue weighted by molar-refractivity contribution is 0.402. The van der Waals surface area contributed by atoms with E-state index in [1.54, 1.807) is 30.5 Å². The first-order chi connectivity index (χ1) is 10.1. The summed E-state index contributed by atoms with van der Waals surface area (Å²) in [6.45, 7) is 2.11. The number of hydrogen-bond acceptors (Lipinski definition) is 4. The number of ether oxygens (including phenoxy) is 1. The maximum Gasteiger partial charge on any atom is 0.244 e. The van der Waals surface area contributed by atoms with Gasteiger partial charge in [-0.25, -0.2) is 13.1 Å². The molecule has 112 valence electrons. The summed E-state index contributed by atoms with van der Waals surface area (Å²) in [7, 11) is -2.19. The third kappa shape index (κ3) is 3.80. The zero-order valence-electron chi connectivity index (χ0n) is 12.0. The van der Waals surface area contributed by atoms with Crippen molar-refractivity contribution in [1.29, 1.82) is 0 Å². The molecule has 2 rings (SSSR count). The van der Waals surface area contributed by atoms with Gasteiger partial charge in [-0.3, -0.25) is 4.98 Å². The second-order valence-electron chi connectivity index (χ2n) is 4.48. The standard InChI is InChI=1S/C15H18N2O3S/c1-3-12-7-8-14(20-2)15(10-12)21(18,19)17-11-13-6-4-5-9-16-13/h4-10,17H,3,11H2,1-2H3. The number of pyridine rings is 1. The minimum Gasteiger partial charge on any atom is -0.495 e. The molecule has 0 unspecified atom stereocenters. The van der Waals surface area contributed by atoms with E-state index in [0.717, 1.165) is 12.0 Å². The van der Waals surface area contributed by atoms with Gasteiger partial charge in [-0.15, -0.1) is 0 Å². The van der Waals surface area contributed by atoms with Crippen LogP contribution in [0.2, 0.25) is 0 Å². The van der Waals surface area contributed by atoms with Gasteiger partial charge in [0.2, 0.25) is 10.0 Å². The fourth-order valence-electron chi connectivity index (χ4n) is 1.90. The molecule has 0 amide bonds. The second-order valence-corrected chi connectivity index (χ2v) is 6.22. The predicted octanol–water partition coefficient (Wildman–Crippen LogP) is 2.13. The Kier molecular flexibility index (Phi) is 4.93. The third-order valence-corrected chi connectivity index (χ3v) is 4.52. The number of methoxy groups -OCH3 is 1. The van der Waals surface area contributed by atoms with Gasteiger partial charge in [0.25, 0.3) is 0 Å². The molecule has 0 saturated carbocycles. The number of benzene rings is 1. The Morgan fingerprint density at radius 1 is 1.24 bits per heavy atom. The van der Waals surface area contributed by atoms with Crippen molar-refractivity contribution in [1.82, 2.24) is 9.71 Å². The van der Waals surface area contributed by atoms with Crippen LogP contribution < -0.4 is 9.46 Å². The molecule has 0 fully saturated rings. The van der Waals surface area contributed by atoms with E-state index < -0.39 is 10.0 Å². The van der Waals surface area contributed by atoms with E-state index in [1.807, 2.05) is 19.1 Å². The number of sulfonamides is 1. The van der Waals surface area contributed by atoms with Gasteiger partial charge < -0.3 is 4.74 Å². The van der Waals surface area contributed by atoms with Gasteiger partial charge in [0.1, 0.15) is 10.6 Å². The Labute approximate surface area is 125 Å². The average Bonchev–Trinajstić information content (AvgIpc) is 2.53. The van der Waals surface area contributed by atoms with E-state index in [4.69, 9.17) is 4.74 Å². The highest BCUT2D eigenvalue weighted by molar-refractivity contribution is 7.89. The summed E-state index contributed by atoms with van der Waals surface area (Å²) in [5, 5.41) is 0. The number of rotatable bonds is 6. The van der Waals surface area contributed by atoms with Crippen molar-refractivity contribution in [3.8, 4) is 5.75 Å². The Balaban J connectivity index is 2.26. The Hall–Kier alpha value is -1.92. The molecule has 0 spiro atoms. The van der Waals surface area contributed by atoms with Crippen molar-refractivity contribution in [2.24, 2.45) is 0 Å². The maximum absolute atomic E-state index is 12.4. The van der Waals surface area contributed by atoms with Gasteiger partial charge in [0.15, 0.2) is 0 Å². The van der Waals surface area contributed by atoms with Gasteiger partial charge in [-0.05, 0) is 36.2 Å². The first-order valence-electron chi connectivity index (χ1n) is 6.63. The SMILES string of the molecule is CCc1ccc(OC)c(S(=O)(=O)NCc2ccccn2)c1. The van der Waals surface area contributed by atoms with Crippen LogP contribution in [0.5, 0.6) is 5.75 Å². The fourth-order valence-corrected chi connectivity index (χ4v) is 3.12. The van der Waals surface area contributed by atoms with Crippen LogP contribution in [0.1, 0.15) is 18.2 Å². The van der Waals surface area contributed by atoms with E-state index in [-0.39, 0.29) is 11.4 Å². The lowest BCUT2D eigenvalue weighted by Gasteiger charge is -2.12. The van der Waals surface area contributed by atoms with Crippen LogP contribution >= 0.6 is 0 Å². The lowest BCUT2D eigenvalue weighted by Crippen LogP contribution is -2.24. The van der Waals surface area contributed by atoms with E-state index in [0.29, 0.717) is 11.4 Å². The molecule has 0 atom stereocenters. The fraction of sp³-hybridized carbons (Fsp3) is 0.267. The van der Waals surface area contributed by atoms with Crippen LogP contribution in [0.25, 0.3) is 0 Å². The highest BCUT2D eigenvalue weighted by Gasteiger charge is 2.19. The monoisotopic (exact) mass is 306 g/mol. The van der Waals surface area contributed by atoms with Crippen LogP contribution in [0.15, 0.2) is 47.5 Å². The summed E-state index contributed by atoms with van der Waals surface area (Å²) in [6, 6.07) is 10.5. The molecule has 5 nitrogen and oxygen atoms in total. The number of aromatic nitrogens is 1. The van der Waals surface area contributed by atoms with Crippen LogP contribution in [0, 0.1) is 0 Å². The molecule has 0 aliphatic rings. The van der Waals surface area contributed by atoms with Crippen LogP contribution in [-0.4, -0.2) is 20.5 Å². The van der Waals surface area contributed by atoms with Crippen molar-refractivity contribution >= 4 is 10.0 Å². The summed E-state index contributed by atoms with van der Waals surface area (Å²) in [4.78, 5) is 4.25.